The SMILES string of the molecule is CCCCCCCCCCCCCCOc1ccc(C(=O)Oc2ccc(C(=O)Oc3cccc(N=Cc4ccc(OC(=O)c5ccc(OCCCCCCCCCCCC)cc5)cc4O)c3)cc2)cc1. The molecule has 0 heterocycles. The van der Waals surface area contributed by atoms with Gasteiger partial charge in [0.2, 0.25) is 0 Å². The second-order valence-electron chi connectivity index (χ2n) is 18.0. The van der Waals surface area contributed by atoms with Crippen LogP contribution in [0.3, 0.4) is 0 Å². The number of rotatable bonds is 34. The van der Waals surface area contributed by atoms with Crippen molar-refractivity contribution in [2.75, 3.05) is 13.2 Å². The van der Waals surface area contributed by atoms with Crippen molar-refractivity contribution < 1.29 is 43.2 Å². The number of hydrogen-bond acceptors (Lipinski definition) is 10. The van der Waals surface area contributed by atoms with E-state index in [9.17, 15) is 19.5 Å². The molecule has 0 aliphatic heterocycles. The van der Waals surface area contributed by atoms with Gasteiger partial charge in [0, 0.05) is 23.9 Å². The Labute approximate surface area is 416 Å². The summed E-state index contributed by atoms with van der Waals surface area (Å²) in [6.07, 6.45) is 29.6. The number of phenolic OH excluding ortho intramolecular Hbond substituents is 1. The van der Waals surface area contributed by atoms with Crippen LogP contribution in [0.4, 0.5) is 5.69 Å². The van der Waals surface area contributed by atoms with E-state index in [1.54, 1.807) is 84.9 Å². The van der Waals surface area contributed by atoms with E-state index in [4.69, 9.17) is 23.7 Å². The molecule has 0 aliphatic rings. The zero-order valence-electron chi connectivity index (χ0n) is 41.7. The molecule has 1 N–H and O–H groups in total. The third kappa shape index (κ3) is 21.1. The summed E-state index contributed by atoms with van der Waals surface area (Å²) in [4.78, 5) is 43.1. The zero-order valence-corrected chi connectivity index (χ0v) is 41.7. The van der Waals surface area contributed by atoms with Crippen LogP contribution in [-0.4, -0.2) is 42.4 Å². The predicted molar refractivity (Wildman–Crippen MR) is 280 cm³/mol. The van der Waals surface area contributed by atoms with Crippen LogP contribution in [0.2, 0.25) is 0 Å². The lowest BCUT2D eigenvalue weighted by Gasteiger charge is -2.09. The van der Waals surface area contributed by atoms with Gasteiger partial charge in [0.25, 0.3) is 0 Å². The third-order valence-electron chi connectivity index (χ3n) is 12.1. The first-order chi connectivity index (χ1) is 34.3. The van der Waals surface area contributed by atoms with Crippen LogP contribution in [0, 0.1) is 0 Å². The fourth-order valence-electron chi connectivity index (χ4n) is 7.91. The van der Waals surface area contributed by atoms with Crippen LogP contribution in [0.1, 0.15) is 192 Å². The van der Waals surface area contributed by atoms with Gasteiger partial charge in [0.1, 0.15) is 34.5 Å². The fourth-order valence-corrected chi connectivity index (χ4v) is 7.91. The van der Waals surface area contributed by atoms with Crippen molar-refractivity contribution >= 4 is 29.8 Å². The molecule has 5 aromatic rings. The number of carbonyl (C=O) groups excluding carboxylic acids is 3. The number of benzene rings is 5. The van der Waals surface area contributed by atoms with Gasteiger partial charge in [-0.25, -0.2) is 14.4 Å². The van der Waals surface area contributed by atoms with E-state index in [1.165, 1.54) is 152 Å². The first-order valence-electron chi connectivity index (χ1n) is 26.0. The maximum atomic E-state index is 13.0. The summed E-state index contributed by atoms with van der Waals surface area (Å²) in [6, 6.07) is 31.0. The third-order valence-corrected chi connectivity index (χ3v) is 12.1. The molecule has 0 unspecified atom stereocenters. The smallest absolute Gasteiger partial charge is 0.343 e. The van der Waals surface area contributed by atoms with Gasteiger partial charge in [-0.3, -0.25) is 4.99 Å². The first-order valence-corrected chi connectivity index (χ1v) is 26.0. The van der Waals surface area contributed by atoms with E-state index in [-0.39, 0.29) is 28.6 Å². The lowest BCUT2D eigenvalue weighted by atomic mass is 10.1. The van der Waals surface area contributed by atoms with E-state index in [1.807, 2.05) is 0 Å². The highest BCUT2D eigenvalue weighted by Crippen LogP contribution is 2.27. The summed E-state index contributed by atoms with van der Waals surface area (Å²) in [5.74, 6) is 0.310. The van der Waals surface area contributed by atoms with Gasteiger partial charge in [-0.1, -0.05) is 148 Å². The Kier molecular flexibility index (Phi) is 25.2. The minimum absolute atomic E-state index is 0.135. The van der Waals surface area contributed by atoms with E-state index in [2.05, 4.69) is 18.8 Å². The normalized spacial score (nSPS) is 11.1. The minimum Gasteiger partial charge on any atom is -0.507 e. The quantitative estimate of drug-likeness (QED) is 0.0185. The van der Waals surface area contributed by atoms with Gasteiger partial charge >= 0.3 is 17.9 Å². The number of esters is 3. The lowest BCUT2D eigenvalue weighted by Crippen LogP contribution is -2.10. The van der Waals surface area contributed by atoms with E-state index < -0.39 is 17.9 Å². The van der Waals surface area contributed by atoms with E-state index in [0.717, 1.165) is 25.7 Å². The number of ether oxygens (including phenoxy) is 5. The Bertz CT molecular complexity index is 2300. The fraction of sp³-hybridized carbons (Fsp3) is 0.433. The molecule has 0 fully saturated rings. The Morgan fingerprint density at radius 3 is 1.19 bits per heavy atom. The van der Waals surface area contributed by atoms with Crippen LogP contribution in [0.25, 0.3) is 0 Å². The van der Waals surface area contributed by atoms with Crippen molar-refractivity contribution in [3.8, 4) is 34.5 Å². The Hall–Kier alpha value is -6.42. The van der Waals surface area contributed by atoms with Crippen molar-refractivity contribution in [2.24, 2.45) is 4.99 Å². The standard InChI is InChI=1S/C60H75NO9/c1-3-5-7-9-11-13-15-16-18-20-22-24-42-66-52-35-28-47(29-36-52)58(63)68-54-39-32-49(33-40-54)59(64)69-55-27-25-26-51(44-55)61-46-50-34-41-56(45-57(50)62)70-60(65)48-30-37-53(38-31-48)67-43-23-21-19-17-14-12-10-8-6-4-2/h25-41,44-46,62H,3-24,42-43H2,1-2H3. The highest BCUT2D eigenvalue weighted by Gasteiger charge is 2.14. The summed E-state index contributed by atoms with van der Waals surface area (Å²) in [7, 11) is 0. The van der Waals surface area contributed by atoms with Crippen molar-refractivity contribution in [3.05, 3.63) is 138 Å². The van der Waals surface area contributed by atoms with E-state index >= 15 is 0 Å². The average molecular weight is 954 g/mol. The highest BCUT2D eigenvalue weighted by molar-refractivity contribution is 5.93. The molecule has 5 rings (SSSR count). The molecule has 0 saturated heterocycles. The zero-order chi connectivity index (χ0) is 49.4. The highest BCUT2D eigenvalue weighted by atomic mass is 16.5. The van der Waals surface area contributed by atoms with Gasteiger partial charge < -0.3 is 28.8 Å². The van der Waals surface area contributed by atoms with Crippen LogP contribution >= 0.6 is 0 Å². The molecule has 10 heteroatoms. The Morgan fingerprint density at radius 1 is 0.414 bits per heavy atom. The molecule has 0 saturated carbocycles. The molecule has 0 spiro atoms. The first kappa shape index (κ1) is 54.5. The number of hydrogen-bond donors (Lipinski definition) is 1. The van der Waals surface area contributed by atoms with Crippen molar-refractivity contribution in [1.82, 2.24) is 0 Å². The maximum Gasteiger partial charge on any atom is 0.343 e. The molecule has 0 atom stereocenters. The van der Waals surface area contributed by atoms with Gasteiger partial charge in [-0.05, 0) is 110 Å². The van der Waals surface area contributed by atoms with Crippen LogP contribution in [0.5, 0.6) is 34.5 Å². The van der Waals surface area contributed by atoms with Gasteiger partial charge in [-0.2, -0.15) is 0 Å². The summed E-state index contributed by atoms with van der Waals surface area (Å²) in [5.41, 5.74) is 1.86. The number of carbonyl (C=O) groups is 3. The summed E-state index contributed by atoms with van der Waals surface area (Å²) < 4.78 is 28.4. The van der Waals surface area contributed by atoms with Crippen LogP contribution < -0.4 is 23.7 Å². The Morgan fingerprint density at radius 2 is 0.771 bits per heavy atom. The molecule has 10 nitrogen and oxygen atoms in total. The number of unbranched alkanes of at least 4 members (excludes halogenated alkanes) is 20. The van der Waals surface area contributed by atoms with Gasteiger partial charge in [0.05, 0.1) is 35.6 Å². The Balaban J connectivity index is 0.975. The lowest BCUT2D eigenvalue weighted by molar-refractivity contribution is 0.0723. The average Bonchev–Trinajstić information content (AvgIpc) is 3.37. The molecular weight excluding hydrogens is 879 g/mol. The number of aromatic hydroxyl groups is 1. The van der Waals surface area contributed by atoms with E-state index in [0.29, 0.717) is 47.1 Å². The van der Waals surface area contributed by atoms with Crippen molar-refractivity contribution in [2.45, 2.75) is 155 Å². The second kappa shape index (κ2) is 32.4. The van der Waals surface area contributed by atoms with Crippen molar-refractivity contribution in [3.63, 3.8) is 0 Å². The van der Waals surface area contributed by atoms with Crippen LogP contribution in [-0.2, 0) is 0 Å². The molecule has 5 aromatic carbocycles. The molecule has 0 amide bonds. The minimum atomic E-state index is -0.607. The molecule has 70 heavy (non-hydrogen) atoms. The maximum absolute atomic E-state index is 13.0. The largest absolute Gasteiger partial charge is 0.507 e. The van der Waals surface area contributed by atoms with Crippen LogP contribution in [0.15, 0.2) is 120 Å². The van der Waals surface area contributed by atoms with Gasteiger partial charge in [0.15, 0.2) is 0 Å². The molecule has 0 aliphatic carbocycles. The summed E-state index contributed by atoms with van der Waals surface area (Å²) in [5, 5.41) is 10.7. The molecule has 374 valence electrons. The molecule has 0 aromatic heterocycles. The predicted octanol–water partition coefficient (Wildman–Crippen LogP) is 16.2. The topological polar surface area (TPSA) is 130 Å². The molecular formula is C60H75NO9. The molecule has 0 radical (unpaired) electrons. The van der Waals surface area contributed by atoms with Gasteiger partial charge in [-0.15, -0.1) is 0 Å². The monoisotopic (exact) mass is 954 g/mol. The number of aliphatic imine (C=N–C) groups is 1. The summed E-state index contributed by atoms with van der Waals surface area (Å²) >= 11 is 0. The van der Waals surface area contributed by atoms with Crippen molar-refractivity contribution in [1.29, 1.82) is 0 Å². The summed E-state index contributed by atoms with van der Waals surface area (Å²) in [6.45, 7) is 5.79. The molecule has 0 bridgehead atoms. The number of phenols is 1. The number of nitrogens with zero attached hydrogens (tertiary/aromatic N) is 1. The second-order valence-corrected chi connectivity index (χ2v) is 18.0.